The van der Waals surface area contributed by atoms with Crippen molar-refractivity contribution in [3.63, 3.8) is 0 Å². The number of carbonyl (C=O) groups excluding carboxylic acids is 1. The van der Waals surface area contributed by atoms with Crippen LogP contribution in [0.2, 0.25) is 0 Å². The third-order valence-electron chi connectivity index (χ3n) is 5.85. The lowest BCUT2D eigenvalue weighted by Crippen LogP contribution is -2.59. The minimum atomic E-state index is -1.43. The highest BCUT2D eigenvalue weighted by Gasteiger charge is 2.34. The Morgan fingerprint density at radius 3 is 1.60 bits per heavy atom. The summed E-state index contributed by atoms with van der Waals surface area (Å²) >= 11 is 0. The van der Waals surface area contributed by atoms with Gasteiger partial charge >= 0.3 is 17.9 Å². The van der Waals surface area contributed by atoms with E-state index in [0.717, 1.165) is 12.1 Å². The zero-order chi connectivity index (χ0) is 35.8. The molecule has 1 aromatic carbocycles. The molecule has 0 saturated carbocycles. The smallest absolute Gasteiger partial charge is 0.305 e. The number of carboxylic acid groups (broad SMARTS) is 3. The molecule has 0 aliphatic rings. The molecule has 270 valence electrons. The van der Waals surface area contributed by atoms with E-state index in [1.807, 2.05) is 0 Å². The lowest BCUT2D eigenvalue weighted by molar-refractivity contribution is -0.393. The maximum absolute atomic E-state index is 12.7. The van der Waals surface area contributed by atoms with Gasteiger partial charge in [0.15, 0.2) is 0 Å². The van der Waals surface area contributed by atoms with E-state index in [2.05, 4.69) is 10.6 Å². The van der Waals surface area contributed by atoms with Crippen LogP contribution in [0.4, 0.5) is 17.1 Å². The molecule has 0 saturated heterocycles. The predicted molar refractivity (Wildman–Crippen MR) is 161 cm³/mol. The molecule has 0 spiro atoms. The van der Waals surface area contributed by atoms with E-state index in [-0.39, 0.29) is 104 Å². The van der Waals surface area contributed by atoms with Gasteiger partial charge in [-0.15, -0.1) is 0 Å². The maximum Gasteiger partial charge on any atom is 0.305 e. The number of carboxylic acids is 3. The highest BCUT2D eigenvalue weighted by Crippen LogP contribution is 2.28. The molecule has 0 bridgehead atoms. The fourth-order valence-electron chi connectivity index (χ4n) is 3.64. The van der Waals surface area contributed by atoms with Gasteiger partial charge in [-0.25, -0.2) is 0 Å². The number of rotatable bonds is 30. The van der Waals surface area contributed by atoms with Crippen LogP contribution in [-0.2, 0) is 47.6 Å². The summed E-state index contributed by atoms with van der Waals surface area (Å²) in [6.45, 7) is -1.23. The lowest BCUT2D eigenvalue weighted by Gasteiger charge is -2.34. The molecule has 0 aliphatic heterocycles. The number of amides is 1. The number of benzene rings is 1. The first kappa shape index (κ1) is 41.5. The van der Waals surface area contributed by atoms with Crippen LogP contribution < -0.4 is 10.6 Å². The Kier molecular flexibility index (Phi) is 20.5. The van der Waals surface area contributed by atoms with Gasteiger partial charge in [0, 0.05) is 12.6 Å². The normalized spacial score (nSPS) is 11.2. The average Bonchev–Trinajstić information content (AvgIpc) is 3.02. The monoisotopic (exact) mass is 692 g/mol. The Morgan fingerprint density at radius 1 is 0.667 bits per heavy atom. The minimum Gasteiger partial charge on any atom is -0.481 e. The number of hydrogen-bond acceptors (Lipinski definition) is 15. The quantitative estimate of drug-likeness (QED) is 0.0411. The van der Waals surface area contributed by atoms with Crippen molar-refractivity contribution >= 4 is 40.9 Å². The van der Waals surface area contributed by atoms with E-state index in [9.17, 15) is 39.4 Å². The number of aliphatic carboxylic acids is 3. The molecule has 0 radical (unpaired) electrons. The number of anilines is 1. The topological polar surface area (TPSA) is 295 Å². The van der Waals surface area contributed by atoms with Gasteiger partial charge in [0.1, 0.15) is 17.8 Å². The molecule has 1 rings (SSSR count). The van der Waals surface area contributed by atoms with Crippen molar-refractivity contribution in [2.75, 3.05) is 91.1 Å². The molecule has 0 aromatic heterocycles. The van der Waals surface area contributed by atoms with Gasteiger partial charge < -0.3 is 54.4 Å². The number of nitrogens with one attached hydrogen (secondary N) is 2. The molecule has 0 unspecified atom stereocenters. The summed E-state index contributed by atoms with van der Waals surface area (Å²) < 4.78 is 32.3. The number of non-ortho nitro benzene ring substituents is 1. The number of carbonyl (C=O) groups is 4. The molecule has 0 aliphatic carbocycles. The van der Waals surface area contributed by atoms with Gasteiger partial charge in [0.25, 0.3) is 11.4 Å². The van der Waals surface area contributed by atoms with Crippen LogP contribution in [0, 0.1) is 20.2 Å². The van der Waals surface area contributed by atoms with Crippen molar-refractivity contribution in [3.8, 4) is 0 Å². The van der Waals surface area contributed by atoms with Crippen molar-refractivity contribution < 1.29 is 72.8 Å². The summed E-state index contributed by atoms with van der Waals surface area (Å²) in [6.07, 6.45) is -0.995. The first-order valence-electron chi connectivity index (χ1n) is 14.4. The maximum atomic E-state index is 12.7. The summed E-state index contributed by atoms with van der Waals surface area (Å²) in [5.74, 6) is -4.00. The fraction of sp³-hybridized carbons (Fsp3) is 0.630. The van der Waals surface area contributed by atoms with Crippen molar-refractivity contribution in [1.82, 2.24) is 5.32 Å². The number of nitro groups is 2. The number of nitrogens with zero attached hydrogens (tertiary/aromatic N) is 2. The fourth-order valence-corrected chi connectivity index (χ4v) is 3.64. The molecular weight excluding hydrogens is 652 g/mol. The summed E-state index contributed by atoms with van der Waals surface area (Å²) in [5.41, 5.74) is -2.17. The highest BCUT2D eigenvalue weighted by atomic mass is 16.6. The third kappa shape index (κ3) is 19.2. The van der Waals surface area contributed by atoms with Crippen LogP contribution in [0.15, 0.2) is 18.2 Å². The molecule has 0 fully saturated rings. The average molecular weight is 693 g/mol. The van der Waals surface area contributed by atoms with Crippen LogP contribution in [0.5, 0.6) is 0 Å². The van der Waals surface area contributed by atoms with Crippen LogP contribution in [-0.4, -0.2) is 140 Å². The number of hydrogen-bond donors (Lipinski definition) is 5. The largest absolute Gasteiger partial charge is 0.481 e. The van der Waals surface area contributed by atoms with Crippen molar-refractivity contribution in [1.29, 1.82) is 0 Å². The van der Waals surface area contributed by atoms with Gasteiger partial charge in [-0.05, 0) is 6.07 Å². The minimum absolute atomic E-state index is 0.00508. The molecule has 1 amide bonds. The summed E-state index contributed by atoms with van der Waals surface area (Å²) in [5, 5.41) is 54.0. The Balaban J connectivity index is 2.46. The van der Waals surface area contributed by atoms with Gasteiger partial charge in [-0.1, -0.05) is 0 Å². The van der Waals surface area contributed by atoms with Gasteiger partial charge in [-0.3, -0.25) is 39.4 Å². The van der Waals surface area contributed by atoms with Gasteiger partial charge in [0.2, 0.25) is 5.91 Å². The zero-order valence-electron chi connectivity index (χ0n) is 26.0. The van der Waals surface area contributed by atoms with Crippen molar-refractivity contribution in [2.24, 2.45) is 0 Å². The highest BCUT2D eigenvalue weighted by molar-refractivity contribution is 5.78. The number of nitro benzene ring substituents is 2. The third-order valence-corrected chi connectivity index (χ3v) is 5.85. The molecule has 0 atom stereocenters. The Hall–Kier alpha value is -4.54. The van der Waals surface area contributed by atoms with E-state index in [0.29, 0.717) is 0 Å². The standard InChI is InChI=1S/C27H40N4O17/c32-23(29-27(17-46-7-3-24(33)34,18-47-8-4-25(35)36)19-48-9-5-26(37)38)16-45-14-13-44-12-11-43-10-6-28-21-2-1-20(30(39)40)15-22(21)31(41)42/h1-2,15,28H,3-14,16-19H2,(H,29,32)(H,33,34)(H,35,36)(H,37,38). The lowest BCUT2D eigenvalue weighted by atomic mass is 10.0. The molecule has 1 aromatic rings. The van der Waals surface area contributed by atoms with Crippen molar-refractivity contribution in [3.05, 3.63) is 38.4 Å². The van der Waals surface area contributed by atoms with E-state index in [1.165, 1.54) is 6.07 Å². The summed E-state index contributed by atoms with van der Waals surface area (Å²) in [7, 11) is 0. The second-order valence-corrected chi connectivity index (χ2v) is 9.84. The van der Waals surface area contributed by atoms with E-state index in [1.54, 1.807) is 0 Å². The Bertz CT molecular complexity index is 1140. The summed E-state index contributed by atoms with van der Waals surface area (Å²) in [4.78, 5) is 65.8. The van der Waals surface area contributed by atoms with Gasteiger partial charge in [-0.2, -0.15) is 0 Å². The van der Waals surface area contributed by atoms with E-state index >= 15 is 0 Å². The zero-order valence-corrected chi connectivity index (χ0v) is 26.0. The second kappa shape index (κ2) is 23.7. The van der Waals surface area contributed by atoms with Crippen LogP contribution in [0.25, 0.3) is 0 Å². The SMILES string of the molecule is O=C(O)CCOCC(COCCC(=O)O)(COCCC(=O)O)NC(=O)COCCOCCOCCNc1ccc([N+](=O)[O-])cc1[N+](=O)[O-]. The van der Waals surface area contributed by atoms with Crippen LogP contribution >= 0.6 is 0 Å². The Labute approximate surface area is 273 Å². The van der Waals surface area contributed by atoms with Crippen LogP contribution in [0.1, 0.15) is 19.3 Å². The molecule has 21 heteroatoms. The predicted octanol–water partition coefficient (Wildman–Crippen LogP) is 0.294. The Morgan fingerprint density at radius 2 is 1.15 bits per heavy atom. The molecule has 0 heterocycles. The molecule has 21 nitrogen and oxygen atoms in total. The van der Waals surface area contributed by atoms with Gasteiger partial charge in [0.05, 0.1) is 108 Å². The molecular formula is C27H40N4O17. The van der Waals surface area contributed by atoms with Crippen LogP contribution in [0.3, 0.4) is 0 Å². The number of ether oxygens (including phenoxy) is 6. The molecule has 48 heavy (non-hydrogen) atoms. The second-order valence-electron chi connectivity index (χ2n) is 9.84. The summed E-state index contributed by atoms with van der Waals surface area (Å²) in [6, 6.07) is 3.24. The first-order valence-corrected chi connectivity index (χ1v) is 14.4. The molecule has 5 N–H and O–H groups in total. The van der Waals surface area contributed by atoms with E-state index in [4.69, 9.17) is 43.7 Å². The first-order chi connectivity index (χ1) is 22.8. The van der Waals surface area contributed by atoms with Crippen molar-refractivity contribution in [2.45, 2.75) is 24.8 Å². The van der Waals surface area contributed by atoms with E-state index < -0.39 is 57.2 Å².